The smallest absolute Gasteiger partial charge is 0.0108 e. The first-order valence-electron chi connectivity index (χ1n) is 4.58. The Labute approximate surface area is 73.8 Å². The third kappa shape index (κ3) is 1.05. The van der Waals surface area contributed by atoms with E-state index in [1.807, 2.05) is 7.05 Å². The minimum absolute atomic E-state index is 0.611. The van der Waals surface area contributed by atoms with Crippen LogP contribution in [0.25, 0.3) is 0 Å². The molecule has 1 aliphatic rings. The molecule has 0 aromatic heterocycles. The summed E-state index contributed by atoms with van der Waals surface area (Å²) in [6, 6.07) is 9.35. The van der Waals surface area contributed by atoms with Crippen LogP contribution in [0.4, 0.5) is 0 Å². The summed E-state index contributed by atoms with van der Waals surface area (Å²) in [6.45, 7) is 2.25. The number of fused-ring (bicyclic) bond motifs is 1. The average Bonchev–Trinajstić information content (AvgIpc) is 2.07. The Morgan fingerprint density at radius 2 is 2.17 bits per heavy atom. The summed E-state index contributed by atoms with van der Waals surface area (Å²) < 4.78 is 0. The molecule has 0 aliphatic heterocycles. The first-order chi connectivity index (χ1) is 5.83. The molecule has 0 amide bonds. The quantitative estimate of drug-likeness (QED) is 0.699. The fraction of sp³-hybridized carbons (Fsp3) is 0.455. The summed E-state index contributed by atoms with van der Waals surface area (Å²) in [6.07, 6.45) is 1.25. The summed E-state index contributed by atoms with van der Waals surface area (Å²) in [5.41, 5.74) is 3.07. The Hall–Kier alpha value is -0.820. The topological polar surface area (TPSA) is 12.0 Å². The monoisotopic (exact) mass is 161 g/mol. The Bertz CT molecular complexity index is 280. The summed E-state index contributed by atoms with van der Waals surface area (Å²) in [7, 11) is 2.03. The number of nitrogens with one attached hydrogen (secondary N) is 1. The van der Waals surface area contributed by atoms with Gasteiger partial charge in [0.2, 0.25) is 0 Å². The predicted molar refractivity (Wildman–Crippen MR) is 51.4 cm³/mol. The van der Waals surface area contributed by atoms with Crippen molar-refractivity contribution in [3.63, 3.8) is 0 Å². The minimum atomic E-state index is 0.611. The molecule has 1 N–H and O–H groups in total. The number of hydrogen-bond acceptors (Lipinski definition) is 1. The van der Waals surface area contributed by atoms with Gasteiger partial charge in [0.05, 0.1) is 0 Å². The van der Waals surface area contributed by atoms with Crippen LogP contribution in [0.15, 0.2) is 24.3 Å². The highest BCUT2D eigenvalue weighted by Gasteiger charge is 2.28. The molecule has 12 heavy (non-hydrogen) atoms. The lowest BCUT2D eigenvalue weighted by molar-refractivity contribution is 0.453. The normalized spacial score (nSPS) is 22.7. The Balaban J connectivity index is 2.19. The summed E-state index contributed by atoms with van der Waals surface area (Å²) in [4.78, 5) is 0. The molecule has 0 saturated carbocycles. The Kier molecular flexibility index (Phi) is 1.89. The van der Waals surface area contributed by atoms with Gasteiger partial charge in [-0.3, -0.25) is 0 Å². The molecule has 0 fully saturated rings. The molecule has 0 bridgehead atoms. The molecule has 0 heterocycles. The van der Waals surface area contributed by atoms with Crippen molar-refractivity contribution in [1.29, 1.82) is 0 Å². The number of hydrogen-bond donors (Lipinski definition) is 1. The van der Waals surface area contributed by atoms with Crippen molar-refractivity contribution in [2.75, 3.05) is 7.05 Å². The van der Waals surface area contributed by atoms with E-state index in [0.717, 1.165) is 5.92 Å². The molecule has 1 aliphatic carbocycles. The van der Waals surface area contributed by atoms with Gasteiger partial charge in [0, 0.05) is 12.0 Å². The Morgan fingerprint density at radius 3 is 2.83 bits per heavy atom. The van der Waals surface area contributed by atoms with Crippen molar-refractivity contribution in [3.05, 3.63) is 35.4 Å². The number of rotatable bonds is 2. The molecule has 0 saturated heterocycles. The van der Waals surface area contributed by atoms with Crippen LogP contribution in [0.2, 0.25) is 0 Å². The number of benzene rings is 1. The minimum Gasteiger partial charge on any atom is -0.317 e. The summed E-state index contributed by atoms with van der Waals surface area (Å²) in [5.74, 6) is 0.742. The van der Waals surface area contributed by atoms with Crippen LogP contribution in [0.5, 0.6) is 0 Å². The highest BCUT2D eigenvalue weighted by atomic mass is 14.9. The molecular formula is C11H15N. The van der Waals surface area contributed by atoms with E-state index in [-0.39, 0.29) is 0 Å². The second kappa shape index (κ2) is 2.91. The van der Waals surface area contributed by atoms with Crippen molar-refractivity contribution < 1.29 is 0 Å². The standard InChI is InChI=1S/C11H15N/c1-8(12-2)11-7-9-5-3-4-6-10(9)11/h3-6,8,11-12H,7H2,1-2H3/t8-,11+/m0/s1. The largest absolute Gasteiger partial charge is 0.317 e. The molecule has 0 spiro atoms. The van der Waals surface area contributed by atoms with Crippen LogP contribution in [-0.4, -0.2) is 13.1 Å². The first kappa shape index (κ1) is 7.81. The zero-order chi connectivity index (χ0) is 8.55. The van der Waals surface area contributed by atoms with Crippen LogP contribution >= 0.6 is 0 Å². The van der Waals surface area contributed by atoms with Crippen LogP contribution in [0, 0.1) is 0 Å². The van der Waals surface area contributed by atoms with Gasteiger partial charge in [-0.1, -0.05) is 24.3 Å². The second-order valence-electron chi connectivity index (χ2n) is 3.59. The highest BCUT2D eigenvalue weighted by molar-refractivity contribution is 5.40. The molecule has 1 aromatic rings. The fourth-order valence-electron chi connectivity index (χ4n) is 1.94. The van der Waals surface area contributed by atoms with E-state index in [0.29, 0.717) is 6.04 Å². The number of likely N-dealkylation sites (N-methyl/N-ethyl adjacent to an activating group) is 1. The maximum absolute atomic E-state index is 3.31. The van der Waals surface area contributed by atoms with E-state index in [1.54, 1.807) is 5.56 Å². The van der Waals surface area contributed by atoms with Crippen molar-refractivity contribution in [2.45, 2.75) is 25.3 Å². The lowest BCUT2D eigenvalue weighted by atomic mass is 9.74. The molecular weight excluding hydrogens is 146 g/mol. The zero-order valence-corrected chi connectivity index (χ0v) is 7.67. The molecule has 2 rings (SSSR count). The highest BCUT2D eigenvalue weighted by Crippen LogP contribution is 2.36. The van der Waals surface area contributed by atoms with Crippen LogP contribution in [0.1, 0.15) is 24.0 Å². The molecule has 64 valence electrons. The Morgan fingerprint density at radius 1 is 1.42 bits per heavy atom. The maximum Gasteiger partial charge on any atom is 0.0108 e. The first-order valence-corrected chi connectivity index (χ1v) is 4.58. The lowest BCUT2D eigenvalue weighted by Crippen LogP contribution is -2.35. The van der Waals surface area contributed by atoms with Crippen molar-refractivity contribution in [2.24, 2.45) is 0 Å². The molecule has 0 radical (unpaired) electrons. The van der Waals surface area contributed by atoms with E-state index in [4.69, 9.17) is 0 Å². The third-order valence-electron chi connectivity index (χ3n) is 2.95. The van der Waals surface area contributed by atoms with Gasteiger partial charge >= 0.3 is 0 Å². The molecule has 1 heteroatoms. The lowest BCUT2D eigenvalue weighted by Gasteiger charge is -2.34. The predicted octanol–water partition coefficient (Wildman–Crippen LogP) is 1.93. The van der Waals surface area contributed by atoms with Gasteiger partial charge in [0.25, 0.3) is 0 Å². The fourth-order valence-corrected chi connectivity index (χ4v) is 1.94. The van der Waals surface area contributed by atoms with Crippen LogP contribution in [0.3, 0.4) is 0 Å². The maximum atomic E-state index is 3.31. The van der Waals surface area contributed by atoms with Crippen molar-refractivity contribution >= 4 is 0 Å². The van der Waals surface area contributed by atoms with E-state index in [1.165, 1.54) is 12.0 Å². The summed E-state index contributed by atoms with van der Waals surface area (Å²) in [5, 5.41) is 3.31. The van der Waals surface area contributed by atoms with E-state index in [2.05, 4.69) is 36.5 Å². The van der Waals surface area contributed by atoms with E-state index >= 15 is 0 Å². The van der Waals surface area contributed by atoms with Gasteiger partial charge in [-0.2, -0.15) is 0 Å². The summed E-state index contributed by atoms with van der Waals surface area (Å²) >= 11 is 0. The van der Waals surface area contributed by atoms with Gasteiger partial charge in [-0.15, -0.1) is 0 Å². The zero-order valence-electron chi connectivity index (χ0n) is 7.67. The van der Waals surface area contributed by atoms with Gasteiger partial charge in [0.15, 0.2) is 0 Å². The SMILES string of the molecule is CN[C@@H](C)[C@H]1Cc2ccccc21. The molecule has 2 atom stereocenters. The van der Waals surface area contributed by atoms with Crippen molar-refractivity contribution in [1.82, 2.24) is 5.32 Å². The van der Waals surface area contributed by atoms with Gasteiger partial charge in [-0.25, -0.2) is 0 Å². The van der Waals surface area contributed by atoms with Gasteiger partial charge in [-0.05, 0) is 31.5 Å². The van der Waals surface area contributed by atoms with Gasteiger partial charge < -0.3 is 5.32 Å². The van der Waals surface area contributed by atoms with Crippen LogP contribution < -0.4 is 5.32 Å². The van der Waals surface area contributed by atoms with E-state index < -0.39 is 0 Å². The molecule has 0 unspecified atom stereocenters. The van der Waals surface area contributed by atoms with Crippen LogP contribution in [-0.2, 0) is 6.42 Å². The van der Waals surface area contributed by atoms with Gasteiger partial charge in [0.1, 0.15) is 0 Å². The second-order valence-corrected chi connectivity index (χ2v) is 3.59. The van der Waals surface area contributed by atoms with E-state index in [9.17, 15) is 0 Å². The molecule has 1 aromatic carbocycles. The average molecular weight is 161 g/mol. The van der Waals surface area contributed by atoms with Crippen molar-refractivity contribution in [3.8, 4) is 0 Å². The molecule has 1 nitrogen and oxygen atoms in total. The third-order valence-corrected chi connectivity index (χ3v) is 2.95.